The molecule has 0 saturated carbocycles. The van der Waals surface area contributed by atoms with Crippen LogP contribution in [-0.4, -0.2) is 78.1 Å². The third kappa shape index (κ3) is 4.16. The van der Waals surface area contributed by atoms with E-state index in [1.54, 1.807) is 25.3 Å². The van der Waals surface area contributed by atoms with Crippen LogP contribution in [0.25, 0.3) is 11.2 Å². The van der Waals surface area contributed by atoms with Gasteiger partial charge >= 0.3 is 5.97 Å². The number of imidazole rings is 1. The third-order valence-corrected chi connectivity index (χ3v) is 5.33. The number of aromatic nitrogens is 4. The number of hydrogen-bond acceptors (Lipinski definition) is 11. The van der Waals surface area contributed by atoms with Gasteiger partial charge in [0, 0.05) is 5.75 Å². The van der Waals surface area contributed by atoms with Crippen LogP contribution in [-0.2, 0) is 14.3 Å². The molecule has 5 N–H and O–H groups in total. The smallest absolute Gasteiger partial charge is 0.311 e. The van der Waals surface area contributed by atoms with E-state index in [9.17, 15) is 20.1 Å². The zero-order chi connectivity index (χ0) is 21.3. The molecule has 1 aliphatic rings. The normalized spacial score (nSPS) is 24.9. The molecule has 1 saturated heterocycles. The van der Waals surface area contributed by atoms with Gasteiger partial charge < -0.3 is 30.5 Å². The van der Waals surface area contributed by atoms with Gasteiger partial charge in [0.1, 0.15) is 18.5 Å². The number of esters is 1. The van der Waals surface area contributed by atoms with Crippen LogP contribution in [0.3, 0.4) is 0 Å². The maximum atomic E-state index is 12.5. The van der Waals surface area contributed by atoms with E-state index in [4.69, 9.17) is 15.2 Å². The maximum absolute atomic E-state index is 12.5. The van der Waals surface area contributed by atoms with Crippen molar-refractivity contribution in [1.82, 2.24) is 19.5 Å². The molecule has 2 aromatic rings. The number of nitrogens with two attached hydrogens (primary N) is 1. The van der Waals surface area contributed by atoms with Crippen molar-refractivity contribution in [3.8, 4) is 0 Å². The summed E-state index contributed by atoms with van der Waals surface area (Å²) in [7, 11) is 0. The third-order valence-electron chi connectivity index (χ3n) is 4.40. The van der Waals surface area contributed by atoms with Crippen molar-refractivity contribution in [3.05, 3.63) is 6.33 Å². The topological polar surface area (TPSA) is 166 Å². The van der Waals surface area contributed by atoms with Crippen molar-refractivity contribution < 1.29 is 29.6 Å². The van der Waals surface area contributed by atoms with E-state index in [2.05, 4.69) is 15.0 Å². The minimum atomic E-state index is -1.26. The first kappa shape index (κ1) is 21.7. The molecule has 0 aliphatic carbocycles. The lowest BCUT2D eigenvalue weighted by Crippen LogP contribution is -2.39. The van der Waals surface area contributed by atoms with Crippen LogP contribution >= 0.6 is 11.8 Å². The molecule has 0 amide bonds. The summed E-state index contributed by atoms with van der Waals surface area (Å²) in [6.07, 6.45) is -3.08. The monoisotopic (exact) mass is 427 g/mol. The standard InChI is InChI=1S/C17H25N5O6S/c1-17(2,3)15(26)28-11-10(25)8(6-24)27-14(11)22-13-9(12(18)19-7-20-13)21-16(22)29-5-4-23/h7-8,10-11,14,23-25H,4-6H2,1-3H3,(H2,18,19,20)/t8-,10-,11-,14-/m1/s1. The number of aliphatic hydroxyl groups is 3. The minimum absolute atomic E-state index is 0.0924. The van der Waals surface area contributed by atoms with Gasteiger partial charge in [-0.05, 0) is 20.8 Å². The summed E-state index contributed by atoms with van der Waals surface area (Å²) in [5.74, 6) is -0.0427. The van der Waals surface area contributed by atoms with Gasteiger partial charge in [-0.1, -0.05) is 11.8 Å². The first-order chi connectivity index (χ1) is 13.7. The molecule has 29 heavy (non-hydrogen) atoms. The predicted octanol–water partition coefficient (Wildman–Crippen LogP) is -0.299. The fraction of sp³-hybridized carbons (Fsp3) is 0.647. The average Bonchev–Trinajstić information content (AvgIpc) is 3.18. The van der Waals surface area contributed by atoms with Crippen LogP contribution in [0.5, 0.6) is 0 Å². The number of fused-ring (bicyclic) bond motifs is 1. The Bertz CT molecular complexity index is 885. The summed E-state index contributed by atoms with van der Waals surface area (Å²) in [4.78, 5) is 25.1. The minimum Gasteiger partial charge on any atom is -0.454 e. The first-order valence-electron chi connectivity index (χ1n) is 9.06. The van der Waals surface area contributed by atoms with Crippen molar-refractivity contribution in [2.24, 2.45) is 5.41 Å². The number of carbonyl (C=O) groups is 1. The van der Waals surface area contributed by atoms with Gasteiger partial charge in [0.05, 0.1) is 18.6 Å². The van der Waals surface area contributed by atoms with E-state index < -0.39 is 42.5 Å². The van der Waals surface area contributed by atoms with Crippen molar-refractivity contribution in [2.45, 2.75) is 50.5 Å². The number of ether oxygens (including phenoxy) is 2. The Kier molecular flexibility index (Phi) is 6.29. The highest BCUT2D eigenvalue weighted by molar-refractivity contribution is 7.99. The fourth-order valence-electron chi connectivity index (χ4n) is 2.88. The summed E-state index contributed by atoms with van der Waals surface area (Å²) in [6, 6.07) is 0. The van der Waals surface area contributed by atoms with Gasteiger partial charge in [-0.15, -0.1) is 0 Å². The number of anilines is 1. The lowest BCUT2D eigenvalue weighted by atomic mass is 9.97. The maximum Gasteiger partial charge on any atom is 0.311 e. The second kappa shape index (κ2) is 8.40. The van der Waals surface area contributed by atoms with Crippen LogP contribution < -0.4 is 5.73 Å². The van der Waals surface area contributed by atoms with E-state index >= 15 is 0 Å². The Hall–Kier alpha value is -1.99. The lowest BCUT2D eigenvalue weighted by Gasteiger charge is -2.26. The number of rotatable bonds is 6. The van der Waals surface area contributed by atoms with Crippen LogP contribution in [0.2, 0.25) is 0 Å². The summed E-state index contributed by atoms with van der Waals surface area (Å²) in [6.45, 7) is 4.52. The summed E-state index contributed by atoms with van der Waals surface area (Å²) in [5.41, 5.74) is 5.76. The van der Waals surface area contributed by atoms with Gasteiger partial charge in [0.15, 0.2) is 34.5 Å². The highest BCUT2D eigenvalue weighted by atomic mass is 32.2. The van der Waals surface area contributed by atoms with E-state index in [-0.39, 0.29) is 12.4 Å². The Morgan fingerprint density at radius 3 is 2.72 bits per heavy atom. The molecule has 0 radical (unpaired) electrons. The molecular weight excluding hydrogens is 402 g/mol. The summed E-state index contributed by atoms with van der Waals surface area (Å²) in [5, 5.41) is 29.8. The SMILES string of the molecule is CC(C)(C)C(=O)O[C@@H]1[C@H](O)[C@@H](CO)O[C@H]1n1c(SCCO)nc2c(N)ncnc21. The van der Waals surface area contributed by atoms with Crippen LogP contribution in [0.15, 0.2) is 11.5 Å². The Balaban J connectivity index is 2.09. The van der Waals surface area contributed by atoms with E-state index in [0.717, 1.165) is 0 Å². The predicted molar refractivity (Wildman–Crippen MR) is 104 cm³/mol. The fourth-order valence-corrected chi connectivity index (χ4v) is 3.64. The number of nitrogens with zero attached hydrogens (tertiary/aromatic N) is 4. The molecule has 3 rings (SSSR count). The van der Waals surface area contributed by atoms with Crippen LogP contribution in [0.4, 0.5) is 5.82 Å². The second-order valence-electron chi connectivity index (χ2n) is 7.63. The number of nitrogen functional groups attached to an aromatic ring is 1. The van der Waals surface area contributed by atoms with Crippen molar-refractivity contribution in [3.63, 3.8) is 0 Å². The summed E-state index contributed by atoms with van der Waals surface area (Å²) < 4.78 is 13.0. The molecule has 11 nitrogen and oxygen atoms in total. The second-order valence-corrected chi connectivity index (χ2v) is 8.69. The Morgan fingerprint density at radius 2 is 2.10 bits per heavy atom. The first-order valence-corrected chi connectivity index (χ1v) is 10.0. The molecule has 0 bridgehead atoms. The zero-order valence-electron chi connectivity index (χ0n) is 16.3. The van der Waals surface area contributed by atoms with Gasteiger partial charge in [-0.2, -0.15) is 0 Å². The molecule has 160 valence electrons. The molecular formula is C17H25N5O6S. The van der Waals surface area contributed by atoms with Crippen LogP contribution in [0.1, 0.15) is 27.0 Å². The van der Waals surface area contributed by atoms with Crippen LogP contribution in [0, 0.1) is 5.41 Å². The highest BCUT2D eigenvalue weighted by Crippen LogP contribution is 2.38. The lowest BCUT2D eigenvalue weighted by molar-refractivity contribution is -0.168. The molecule has 0 spiro atoms. The van der Waals surface area contributed by atoms with Gasteiger partial charge in [-0.3, -0.25) is 9.36 Å². The van der Waals surface area contributed by atoms with E-state index in [0.29, 0.717) is 22.1 Å². The number of thioether (sulfide) groups is 1. The largest absolute Gasteiger partial charge is 0.454 e. The number of hydrogen-bond donors (Lipinski definition) is 4. The molecule has 3 heterocycles. The highest BCUT2D eigenvalue weighted by Gasteiger charge is 2.49. The quantitative estimate of drug-likeness (QED) is 0.353. The van der Waals surface area contributed by atoms with E-state index in [1.165, 1.54) is 18.1 Å². The number of carbonyl (C=O) groups excluding carboxylic acids is 1. The average molecular weight is 427 g/mol. The van der Waals surface area contributed by atoms with Gasteiger partial charge in [0.25, 0.3) is 0 Å². The zero-order valence-corrected chi connectivity index (χ0v) is 17.2. The van der Waals surface area contributed by atoms with Crippen molar-refractivity contribution in [2.75, 3.05) is 24.7 Å². The van der Waals surface area contributed by atoms with E-state index in [1.807, 2.05) is 0 Å². The van der Waals surface area contributed by atoms with Gasteiger partial charge in [0.2, 0.25) is 0 Å². The molecule has 2 aromatic heterocycles. The van der Waals surface area contributed by atoms with Crippen molar-refractivity contribution >= 4 is 34.7 Å². The molecule has 12 heteroatoms. The number of aliphatic hydroxyl groups excluding tert-OH is 3. The van der Waals surface area contributed by atoms with Crippen molar-refractivity contribution in [1.29, 1.82) is 0 Å². The molecule has 1 fully saturated rings. The Labute approximate surface area is 171 Å². The molecule has 1 aliphatic heterocycles. The molecule has 0 unspecified atom stereocenters. The Morgan fingerprint density at radius 1 is 1.38 bits per heavy atom. The summed E-state index contributed by atoms with van der Waals surface area (Å²) >= 11 is 1.22. The van der Waals surface area contributed by atoms with Gasteiger partial charge in [-0.25, -0.2) is 15.0 Å². The molecule has 4 atom stereocenters. The molecule has 0 aromatic carbocycles.